The molecular weight excluding hydrogens is 242 g/mol. The molecule has 4 heteroatoms. The average Bonchev–Trinajstić information content (AvgIpc) is 2.30. The molecule has 0 aliphatic carbocycles. The number of hydrogen-bond donors (Lipinski definition) is 1. The van der Waals surface area contributed by atoms with Gasteiger partial charge >= 0.3 is 0 Å². The first-order chi connectivity index (χ1) is 8.08. The highest BCUT2D eigenvalue weighted by Gasteiger charge is 2.11. The number of aryl methyl sites for hydroxylation is 1. The third-order valence-electron chi connectivity index (χ3n) is 2.65. The minimum absolute atomic E-state index is 0.343. The van der Waals surface area contributed by atoms with Crippen molar-refractivity contribution in [1.82, 2.24) is 0 Å². The van der Waals surface area contributed by atoms with Crippen molar-refractivity contribution in [2.24, 2.45) is 5.92 Å². The van der Waals surface area contributed by atoms with Crippen molar-refractivity contribution in [3.63, 3.8) is 0 Å². The van der Waals surface area contributed by atoms with Gasteiger partial charge in [0, 0.05) is 12.0 Å². The van der Waals surface area contributed by atoms with Crippen LogP contribution in [0.25, 0.3) is 0 Å². The normalized spacial score (nSPS) is 12.5. The lowest BCUT2D eigenvalue weighted by atomic mass is 10.1. The van der Waals surface area contributed by atoms with Crippen LogP contribution in [0.5, 0.6) is 5.75 Å². The summed E-state index contributed by atoms with van der Waals surface area (Å²) in [5, 5.41) is 0. The Morgan fingerprint density at radius 3 is 2.53 bits per heavy atom. The molecule has 0 saturated carbocycles. The van der Waals surface area contributed by atoms with E-state index in [1.807, 2.05) is 0 Å². The first kappa shape index (κ1) is 14.3. The summed E-state index contributed by atoms with van der Waals surface area (Å²) in [6.45, 7) is 4.29. The lowest BCUT2D eigenvalue weighted by molar-refractivity contribution is 0.251. The molecule has 0 bridgehead atoms. The Morgan fingerprint density at radius 2 is 1.94 bits per heavy atom. The van der Waals surface area contributed by atoms with E-state index >= 15 is 0 Å². The lowest BCUT2D eigenvalue weighted by Gasteiger charge is -2.16. The van der Waals surface area contributed by atoms with Gasteiger partial charge in [-0.15, -0.1) is 0 Å². The van der Waals surface area contributed by atoms with Gasteiger partial charge in [0.1, 0.15) is 5.75 Å². The molecule has 1 unspecified atom stereocenters. The molecule has 0 saturated heterocycles. The van der Waals surface area contributed by atoms with E-state index in [2.05, 4.69) is 19.6 Å². The largest absolute Gasteiger partial charge is 0.493 e. The highest BCUT2D eigenvalue weighted by Crippen LogP contribution is 2.22. The minimum Gasteiger partial charge on any atom is -0.493 e. The van der Waals surface area contributed by atoms with Crippen LogP contribution in [-0.4, -0.2) is 12.4 Å². The molecular formula is C13H18F2OS. The predicted molar refractivity (Wildman–Crippen MR) is 68.8 cm³/mol. The Morgan fingerprint density at radius 1 is 1.29 bits per heavy atom. The van der Waals surface area contributed by atoms with Crippen LogP contribution in [0.4, 0.5) is 8.78 Å². The molecule has 1 aromatic carbocycles. The highest BCUT2D eigenvalue weighted by atomic mass is 32.1. The molecule has 0 aliphatic heterocycles. The number of rotatable bonds is 6. The zero-order valence-corrected chi connectivity index (χ0v) is 11.1. The predicted octanol–water partition coefficient (Wildman–Crippen LogP) is 4.00. The summed E-state index contributed by atoms with van der Waals surface area (Å²) in [6.07, 6.45) is 2.08. The monoisotopic (exact) mass is 260 g/mol. The Bertz CT molecular complexity index is 369. The maximum absolute atomic E-state index is 13.0. The maximum atomic E-state index is 13.0. The van der Waals surface area contributed by atoms with E-state index in [0.717, 1.165) is 30.7 Å². The summed E-state index contributed by atoms with van der Waals surface area (Å²) in [6, 6.07) is 2.26. The van der Waals surface area contributed by atoms with E-state index in [0.29, 0.717) is 23.8 Å². The Labute approximate surface area is 107 Å². The lowest BCUT2D eigenvalue weighted by Crippen LogP contribution is -2.14. The van der Waals surface area contributed by atoms with Gasteiger partial charge < -0.3 is 4.74 Å². The summed E-state index contributed by atoms with van der Waals surface area (Å²) >= 11 is 4.24. The molecule has 0 N–H and O–H groups in total. The second kappa shape index (κ2) is 6.84. The number of thiol groups is 1. The summed E-state index contributed by atoms with van der Waals surface area (Å²) in [5.41, 5.74) is 0.610. The van der Waals surface area contributed by atoms with E-state index < -0.39 is 11.6 Å². The van der Waals surface area contributed by atoms with Gasteiger partial charge in [0.2, 0.25) is 0 Å². The molecule has 0 aromatic heterocycles. The van der Waals surface area contributed by atoms with Crippen molar-refractivity contribution < 1.29 is 13.5 Å². The molecule has 0 heterocycles. The molecule has 1 rings (SSSR count). The van der Waals surface area contributed by atoms with Crippen LogP contribution in [0.2, 0.25) is 0 Å². The number of benzene rings is 1. The topological polar surface area (TPSA) is 9.23 Å². The standard InChI is InChI=1S/C13H18F2OS/c1-3-4-10(8-17)7-16-13-6-12(15)11(14)5-9(13)2/h5-6,10,17H,3-4,7-8H2,1-2H3. The Kier molecular flexibility index (Phi) is 5.75. The number of halogens is 2. The van der Waals surface area contributed by atoms with E-state index in [1.165, 1.54) is 0 Å². The molecule has 0 spiro atoms. The zero-order valence-electron chi connectivity index (χ0n) is 10.2. The van der Waals surface area contributed by atoms with Crippen LogP contribution in [0, 0.1) is 24.5 Å². The van der Waals surface area contributed by atoms with Gasteiger partial charge in [0.25, 0.3) is 0 Å². The molecule has 0 radical (unpaired) electrons. The van der Waals surface area contributed by atoms with Gasteiger partial charge in [-0.3, -0.25) is 0 Å². The van der Waals surface area contributed by atoms with Gasteiger partial charge in [0.05, 0.1) is 6.61 Å². The third kappa shape index (κ3) is 4.19. The zero-order chi connectivity index (χ0) is 12.8. The van der Waals surface area contributed by atoms with Crippen molar-refractivity contribution in [3.8, 4) is 5.75 Å². The minimum atomic E-state index is -0.872. The fourth-order valence-corrected chi connectivity index (χ4v) is 1.91. The Balaban J connectivity index is 2.65. The van der Waals surface area contributed by atoms with Crippen LogP contribution < -0.4 is 4.74 Å². The van der Waals surface area contributed by atoms with Gasteiger partial charge in [-0.05, 0) is 30.7 Å². The summed E-state index contributed by atoms with van der Waals surface area (Å²) in [7, 11) is 0. The fraction of sp³-hybridized carbons (Fsp3) is 0.538. The van der Waals surface area contributed by atoms with Gasteiger partial charge in [-0.25, -0.2) is 8.78 Å². The molecule has 1 aromatic rings. The second-order valence-corrected chi connectivity index (χ2v) is 4.55. The van der Waals surface area contributed by atoms with Crippen LogP contribution in [0.15, 0.2) is 12.1 Å². The van der Waals surface area contributed by atoms with Crippen molar-refractivity contribution in [1.29, 1.82) is 0 Å². The van der Waals surface area contributed by atoms with Crippen LogP contribution >= 0.6 is 12.6 Å². The molecule has 1 nitrogen and oxygen atoms in total. The first-order valence-corrected chi connectivity index (χ1v) is 6.41. The average molecular weight is 260 g/mol. The maximum Gasteiger partial charge on any atom is 0.162 e. The molecule has 96 valence electrons. The molecule has 17 heavy (non-hydrogen) atoms. The number of hydrogen-bond acceptors (Lipinski definition) is 2. The van der Waals surface area contributed by atoms with E-state index in [4.69, 9.17) is 4.74 Å². The summed E-state index contributed by atoms with van der Waals surface area (Å²) in [5.74, 6) is -0.225. The number of ether oxygens (including phenoxy) is 1. The van der Waals surface area contributed by atoms with Crippen molar-refractivity contribution in [3.05, 3.63) is 29.3 Å². The van der Waals surface area contributed by atoms with Crippen LogP contribution in [0.3, 0.4) is 0 Å². The van der Waals surface area contributed by atoms with Gasteiger partial charge in [-0.1, -0.05) is 13.3 Å². The van der Waals surface area contributed by atoms with Crippen LogP contribution in [0.1, 0.15) is 25.3 Å². The summed E-state index contributed by atoms with van der Waals surface area (Å²) in [4.78, 5) is 0. The van der Waals surface area contributed by atoms with E-state index in [-0.39, 0.29) is 0 Å². The van der Waals surface area contributed by atoms with Crippen molar-refractivity contribution >= 4 is 12.6 Å². The van der Waals surface area contributed by atoms with E-state index in [1.54, 1.807) is 6.92 Å². The van der Waals surface area contributed by atoms with Gasteiger partial charge in [0.15, 0.2) is 11.6 Å². The van der Waals surface area contributed by atoms with Gasteiger partial charge in [-0.2, -0.15) is 12.6 Å². The second-order valence-electron chi connectivity index (χ2n) is 4.18. The third-order valence-corrected chi connectivity index (χ3v) is 3.16. The quantitative estimate of drug-likeness (QED) is 0.761. The van der Waals surface area contributed by atoms with Crippen molar-refractivity contribution in [2.45, 2.75) is 26.7 Å². The van der Waals surface area contributed by atoms with E-state index in [9.17, 15) is 8.78 Å². The molecule has 1 atom stereocenters. The van der Waals surface area contributed by atoms with Crippen LogP contribution in [-0.2, 0) is 0 Å². The highest BCUT2D eigenvalue weighted by molar-refractivity contribution is 7.80. The summed E-state index contributed by atoms with van der Waals surface area (Å²) < 4.78 is 31.5. The first-order valence-electron chi connectivity index (χ1n) is 5.77. The fourth-order valence-electron chi connectivity index (χ4n) is 1.63. The Hall–Kier alpha value is -0.770. The van der Waals surface area contributed by atoms with Crippen molar-refractivity contribution in [2.75, 3.05) is 12.4 Å². The SMILES string of the molecule is CCCC(CS)COc1cc(F)c(F)cc1C. The smallest absolute Gasteiger partial charge is 0.162 e. The molecule has 0 fully saturated rings. The molecule has 0 aliphatic rings. The molecule has 0 amide bonds.